The normalized spacial score (nSPS) is 26.1. The van der Waals surface area contributed by atoms with Crippen LogP contribution in [0.1, 0.15) is 42.5 Å². The van der Waals surface area contributed by atoms with E-state index in [1.807, 2.05) is 6.20 Å². The predicted molar refractivity (Wildman–Crippen MR) is 141 cm³/mol. The lowest BCUT2D eigenvalue weighted by Crippen LogP contribution is -2.52. The van der Waals surface area contributed by atoms with Crippen molar-refractivity contribution in [3.63, 3.8) is 0 Å². The van der Waals surface area contributed by atoms with E-state index in [1.165, 1.54) is 47.9 Å². The monoisotopic (exact) mass is 488 g/mol. The first-order valence-electron chi connectivity index (χ1n) is 13.5. The zero-order valence-electron chi connectivity index (χ0n) is 21.3. The molecule has 3 atom stereocenters. The third kappa shape index (κ3) is 3.89. The van der Waals surface area contributed by atoms with Gasteiger partial charge in [0, 0.05) is 48.7 Å². The highest BCUT2D eigenvalue weighted by molar-refractivity contribution is 5.93. The number of ether oxygens (including phenoxy) is 1. The van der Waals surface area contributed by atoms with Gasteiger partial charge in [0.25, 0.3) is 0 Å². The smallest absolute Gasteiger partial charge is 0.318 e. The molecule has 4 aliphatic rings. The summed E-state index contributed by atoms with van der Waals surface area (Å²) in [5.74, 6) is 1.10. The Bertz CT molecular complexity index is 1260. The molecule has 7 rings (SSSR count). The molecule has 0 aliphatic carbocycles. The van der Waals surface area contributed by atoms with Crippen LogP contribution in [0.15, 0.2) is 18.3 Å². The van der Waals surface area contributed by atoms with Crippen LogP contribution in [0.5, 0.6) is 6.01 Å². The highest BCUT2D eigenvalue weighted by Crippen LogP contribution is 2.36. The van der Waals surface area contributed by atoms with Gasteiger partial charge in [-0.25, -0.2) is 0 Å². The Morgan fingerprint density at radius 3 is 2.72 bits per heavy atom. The van der Waals surface area contributed by atoms with E-state index in [1.54, 1.807) is 0 Å². The molecule has 3 aromatic rings. The molecular formula is C27H36N8O. The van der Waals surface area contributed by atoms with Crippen molar-refractivity contribution in [3.8, 4) is 6.01 Å². The topological polar surface area (TPSA) is 85.4 Å². The van der Waals surface area contributed by atoms with Crippen LogP contribution in [-0.4, -0.2) is 83.0 Å². The van der Waals surface area contributed by atoms with Crippen LogP contribution in [0, 0.1) is 6.92 Å². The number of nitrogens with zero attached hydrogens (tertiary/aromatic N) is 6. The number of likely N-dealkylation sites (N-methyl/N-ethyl adjacent to an activating group) is 1. The molecule has 0 saturated carbocycles. The molecule has 2 N–H and O–H groups in total. The lowest BCUT2D eigenvalue weighted by Gasteiger charge is -2.38. The van der Waals surface area contributed by atoms with Crippen LogP contribution in [0.4, 0.5) is 11.5 Å². The molecule has 36 heavy (non-hydrogen) atoms. The summed E-state index contributed by atoms with van der Waals surface area (Å²) in [6.07, 6.45) is 7.81. The number of likely N-dealkylation sites (tertiary alicyclic amines) is 1. The first-order chi connectivity index (χ1) is 17.6. The van der Waals surface area contributed by atoms with Gasteiger partial charge in [-0.1, -0.05) is 6.07 Å². The number of fused-ring (bicyclic) bond motifs is 4. The number of anilines is 2. The number of benzene rings is 1. The van der Waals surface area contributed by atoms with Crippen molar-refractivity contribution < 1.29 is 4.74 Å². The van der Waals surface area contributed by atoms with Gasteiger partial charge in [0.1, 0.15) is 12.4 Å². The van der Waals surface area contributed by atoms with Crippen LogP contribution in [-0.2, 0) is 13.0 Å². The van der Waals surface area contributed by atoms with Crippen molar-refractivity contribution in [3.05, 3.63) is 35.2 Å². The van der Waals surface area contributed by atoms with Crippen LogP contribution < -0.4 is 19.9 Å². The molecule has 2 aromatic heterocycles. The van der Waals surface area contributed by atoms with Crippen molar-refractivity contribution in [2.45, 2.75) is 63.7 Å². The van der Waals surface area contributed by atoms with Crippen molar-refractivity contribution in [2.24, 2.45) is 0 Å². The van der Waals surface area contributed by atoms with Gasteiger partial charge < -0.3 is 24.8 Å². The molecule has 0 spiro atoms. The van der Waals surface area contributed by atoms with Crippen molar-refractivity contribution in [1.29, 1.82) is 0 Å². The van der Waals surface area contributed by atoms with Crippen LogP contribution in [0.25, 0.3) is 10.9 Å². The summed E-state index contributed by atoms with van der Waals surface area (Å²) in [4.78, 5) is 17.4. The molecule has 9 heteroatoms. The highest BCUT2D eigenvalue weighted by Gasteiger charge is 2.35. The minimum atomic E-state index is 0.445. The Morgan fingerprint density at radius 2 is 1.92 bits per heavy atom. The summed E-state index contributed by atoms with van der Waals surface area (Å²) in [6, 6.07) is 6.40. The number of H-pyrrole nitrogens is 1. The number of piperazine rings is 1. The molecule has 0 radical (unpaired) electrons. The third-order valence-electron chi connectivity index (χ3n) is 8.73. The molecule has 6 heterocycles. The molecule has 190 valence electrons. The largest absolute Gasteiger partial charge is 0.462 e. The second-order valence-electron chi connectivity index (χ2n) is 11.1. The molecule has 2 bridgehead atoms. The summed E-state index contributed by atoms with van der Waals surface area (Å²) in [7, 11) is 2.19. The maximum atomic E-state index is 6.31. The maximum absolute atomic E-state index is 6.31. The number of nitrogens with one attached hydrogen (secondary N) is 2. The SMILES string of the molecule is Cc1ccc2[nH]ncc2c1N1CCc2c(nc(OCC3CCCN3C)nc2N2C[C@H]3CC[C@@H](C2)N3)C1. The molecule has 9 nitrogen and oxygen atoms in total. The average Bonchev–Trinajstić information content (AvgIpc) is 3.61. The first kappa shape index (κ1) is 22.3. The van der Waals surface area contributed by atoms with E-state index in [2.05, 4.69) is 56.3 Å². The zero-order valence-corrected chi connectivity index (χ0v) is 21.3. The number of rotatable bonds is 5. The van der Waals surface area contributed by atoms with E-state index in [4.69, 9.17) is 14.7 Å². The van der Waals surface area contributed by atoms with Crippen molar-refractivity contribution in [1.82, 2.24) is 30.4 Å². The third-order valence-corrected chi connectivity index (χ3v) is 8.73. The maximum Gasteiger partial charge on any atom is 0.318 e. The molecule has 1 aromatic carbocycles. The number of aryl methyl sites for hydroxylation is 1. The van der Waals surface area contributed by atoms with E-state index in [9.17, 15) is 0 Å². The molecular weight excluding hydrogens is 452 g/mol. The molecule has 3 fully saturated rings. The van der Waals surface area contributed by atoms with Gasteiger partial charge in [-0.3, -0.25) is 5.10 Å². The van der Waals surface area contributed by atoms with Gasteiger partial charge in [-0.2, -0.15) is 15.1 Å². The van der Waals surface area contributed by atoms with Crippen LogP contribution >= 0.6 is 0 Å². The van der Waals surface area contributed by atoms with Crippen molar-refractivity contribution >= 4 is 22.4 Å². The Morgan fingerprint density at radius 1 is 1.06 bits per heavy atom. The quantitative estimate of drug-likeness (QED) is 0.567. The molecule has 4 aliphatic heterocycles. The summed E-state index contributed by atoms with van der Waals surface area (Å²) < 4.78 is 6.31. The van der Waals surface area contributed by atoms with Gasteiger partial charge in [-0.05, 0) is 64.3 Å². The summed E-state index contributed by atoms with van der Waals surface area (Å²) in [5, 5.41) is 12.4. The van der Waals surface area contributed by atoms with Gasteiger partial charge in [0.05, 0.1) is 29.6 Å². The fraction of sp³-hybridized carbons (Fsp3) is 0.593. The minimum Gasteiger partial charge on any atom is -0.462 e. The average molecular weight is 489 g/mol. The fourth-order valence-electron chi connectivity index (χ4n) is 6.77. The Kier molecular flexibility index (Phi) is 5.50. The molecule has 1 unspecified atom stereocenters. The Hall–Kier alpha value is -2.91. The molecule has 0 amide bonds. The van der Waals surface area contributed by atoms with E-state index in [0.717, 1.165) is 56.2 Å². The number of aromatic nitrogens is 4. The Balaban J connectivity index is 1.23. The van der Waals surface area contributed by atoms with Crippen LogP contribution in [0.2, 0.25) is 0 Å². The fourth-order valence-corrected chi connectivity index (χ4v) is 6.77. The summed E-state index contributed by atoms with van der Waals surface area (Å²) in [6.45, 7) is 7.71. The van der Waals surface area contributed by atoms with E-state index in [-0.39, 0.29) is 0 Å². The summed E-state index contributed by atoms with van der Waals surface area (Å²) >= 11 is 0. The van der Waals surface area contributed by atoms with E-state index < -0.39 is 0 Å². The first-order valence-corrected chi connectivity index (χ1v) is 13.5. The number of hydrogen-bond donors (Lipinski definition) is 2. The molecule has 3 saturated heterocycles. The number of hydrogen-bond acceptors (Lipinski definition) is 8. The van der Waals surface area contributed by atoms with Gasteiger partial charge in [0.15, 0.2) is 0 Å². The van der Waals surface area contributed by atoms with Crippen LogP contribution in [0.3, 0.4) is 0 Å². The van der Waals surface area contributed by atoms with Gasteiger partial charge in [-0.15, -0.1) is 0 Å². The van der Waals surface area contributed by atoms with E-state index >= 15 is 0 Å². The van der Waals surface area contributed by atoms with Gasteiger partial charge >= 0.3 is 6.01 Å². The summed E-state index contributed by atoms with van der Waals surface area (Å²) in [5.41, 5.74) is 6.00. The second-order valence-corrected chi connectivity index (χ2v) is 11.1. The standard InChI is InChI=1S/C27H36N8O/c1-17-5-8-23-22(12-28-32-23)25(17)34-11-9-21-24(15-34)30-27(36-16-20-4-3-10-33(20)2)31-26(21)35-13-18-6-7-19(14-35)29-18/h5,8,12,18-20,29H,3-4,6-7,9-11,13-16H2,1-2H3,(H,28,32)/t18-,19+,20?. The van der Waals surface area contributed by atoms with Gasteiger partial charge in [0.2, 0.25) is 0 Å². The van der Waals surface area contributed by atoms with Crippen molar-refractivity contribution in [2.75, 3.05) is 49.6 Å². The Labute approximate surface area is 212 Å². The zero-order chi connectivity index (χ0) is 24.2. The second kappa shape index (κ2) is 8.88. The predicted octanol–water partition coefficient (Wildman–Crippen LogP) is 2.64. The highest BCUT2D eigenvalue weighted by atomic mass is 16.5. The lowest BCUT2D eigenvalue weighted by atomic mass is 10.0. The minimum absolute atomic E-state index is 0.445. The van der Waals surface area contributed by atoms with E-state index in [0.29, 0.717) is 30.7 Å². The number of aromatic amines is 1. The lowest BCUT2D eigenvalue weighted by molar-refractivity contribution is 0.187.